The zero-order chi connectivity index (χ0) is 63.6. The van der Waals surface area contributed by atoms with Crippen molar-refractivity contribution in [1.29, 1.82) is 0 Å². The molecular weight excluding hydrogens is 1120 g/mol. The fraction of sp³-hybridized carbons (Fsp3) is 0.153. The van der Waals surface area contributed by atoms with Crippen LogP contribution in [0.25, 0.3) is 33.4 Å². The van der Waals surface area contributed by atoms with Gasteiger partial charge in [0.2, 0.25) is 0 Å². The number of rotatable bonds is 17. The number of methoxy groups -OCH3 is 3. The molecule has 0 fully saturated rings. The van der Waals surface area contributed by atoms with Gasteiger partial charge in [-0.1, -0.05) is 145 Å². The Morgan fingerprint density at radius 3 is 1.00 bits per heavy atom. The molecule has 0 amide bonds. The van der Waals surface area contributed by atoms with Crippen LogP contribution in [-0.2, 0) is 21.0 Å². The molecule has 0 heterocycles. The molecule has 7 heteroatoms. The molecular formula is C85H76N4O3. The SMILES string of the molecule is C=C(C=CC(=CC)N(c1ccc(N(c2ccc(N(c3ccc(OC)cc3)c3ccc4c(c3)C(C)(C)c3ccccc3-4)cc2)c2ccc(N(c3ccc(OC)cc3)c3ccc4c(c3)C(C)(C)c3ccccc3-4)cc2)cc1)c1ccc2c(c1)-c1ccccc1C2(C)C)OC. The molecule has 14 rings (SSSR count). The molecule has 454 valence electrons. The van der Waals surface area contributed by atoms with Gasteiger partial charge in [0.1, 0.15) is 17.3 Å². The molecule has 3 aliphatic carbocycles. The van der Waals surface area contributed by atoms with Crippen LogP contribution in [0.3, 0.4) is 0 Å². The number of fused-ring (bicyclic) bond motifs is 9. The first-order valence-corrected chi connectivity index (χ1v) is 31.7. The number of hydrogen-bond acceptors (Lipinski definition) is 7. The minimum atomic E-state index is -0.176. The third-order valence-corrected chi connectivity index (χ3v) is 19.5. The Kier molecular flexibility index (Phi) is 14.9. The first kappa shape index (κ1) is 58.9. The van der Waals surface area contributed by atoms with E-state index in [0.29, 0.717) is 5.76 Å². The minimum absolute atomic E-state index is 0.129. The van der Waals surface area contributed by atoms with Crippen molar-refractivity contribution < 1.29 is 14.2 Å². The van der Waals surface area contributed by atoms with Crippen LogP contribution >= 0.6 is 0 Å². The van der Waals surface area contributed by atoms with Gasteiger partial charge >= 0.3 is 0 Å². The van der Waals surface area contributed by atoms with Gasteiger partial charge in [-0.25, -0.2) is 0 Å². The predicted molar refractivity (Wildman–Crippen MR) is 384 cm³/mol. The molecule has 7 nitrogen and oxygen atoms in total. The topological polar surface area (TPSA) is 40.7 Å². The van der Waals surface area contributed by atoms with E-state index < -0.39 is 0 Å². The molecule has 92 heavy (non-hydrogen) atoms. The summed E-state index contributed by atoms with van der Waals surface area (Å²) in [4.78, 5) is 9.38. The number of allylic oxidation sites excluding steroid dienone is 3. The Morgan fingerprint density at radius 1 is 0.315 bits per heavy atom. The summed E-state index contributed by atoms with van der Waals surface area (Å²) in [7, 11) is 5.08. The normalized spacial score (nSPS) is 14.1. The lowest BCUT2D eigenvalue weighted by molar-refractivity contribution is 0.309. The highest BCUT2D eigenvalue weighted by atomic mass is 16.5. The van der Waals surface area contributed by atoms with Crippen molar-refractivity contribution in [3.8, 4) is 44.9 Å². The zero-order valence-electron chi connectivity index (χ0n) is 54.1. The van der Waals surface area contributed by atoms with Crippen molar-refractivity contribution in [1.82, 2.24) is 0 Å². The maximum absolute atomic E-state index is 5.69. The predicted octanol–water partition coefficient (Wildman–Crippen LogP) is 22.8. The van der Waals surface area contributed by atoms with E-state index in [4.69, 9.17) is 14.2 Å². The van der Waals surface area contributed by atoms with Gasteiger partial charge in [0.05, 0.1) is 21.3 Å². The van der Waals surface area contributed by atoms with E-state index in [-0.39, 0.29) is 16.2 Å². The Balaban J connectivity index is 0.894. The van der Waals surface area contributed by atoms with Crippen LogP contribution in [0.2, 0.25) is 0 Å². The van der Waals surface area contributed by atoms with Gasteiger partial charge in [0.15, 0.2) is 0 Å². The third-order valence-electron chi connectivity index (χ3n) is 19.5. The molecule has 0 saturated carbocycles. The van der Waals surface area contributed by atoms with Gasteiger partial charge < -0.3 is 33.8 Å². The lowest BCUT2D eigenvalue weighted by atomic mass is 9.82. The lowest BCUT2D eigenvalue weighted by Crippen LogP contribution is -2.17. The molecule has 0 N–H and O–H groups in total. The van der Waals surface area contributed by atoms with Gasteiger partial charge in [0.25, 0.3) is 0 Å². The largest absolute Gasteiger partial charge is 0.497 e. The fourth-order valence-electron chi connectivity index (χ4n) is 14.6. The van der Waals surface area contributed by atoms with Gasteiger partial charge in [0, 0.05) is 84.5 Å². The molecule has 0 saturated heterocycles. The highest BCUT2D eigenvalue weighted by Gasteiger charge is 2.39. The second kappa shape index (κ2) is 23.2. The van der Waals surface area contributed by atoms with E-state index in [2.05, 4.69) is 311 Å². The Labute approximate surface area is 542 Å². The van der Waals surface area contributed by atoms with Gasteiger partial charge in [-0.2, -0.15) is 0 Å². The summed E-state index contributed by atoms with van der Waals surface area (Å²) in [6, 6.07) is 90.9. The summed E-state index contributed by atoms with van der Waals surface area (Å²) in [6.07, 6.45) is 6.15. The monoisotopic (exact) mass is 1200 g/mol. The minimum Gasteiger partial charge on any atom is -0.497 e. The highest BCUT2D eigenvalue weighted by Crippen LogP contribution is 2.54. The van der Waals surface area contributed by atoms with Crippen LogP contribution in [0.4, 0.5) is 62.6 Å². The molecule has 0 aliphatic heterocycles. The Hall–Kier alpha value is -10.8. The number of ether oxygens (including phenoxy) is 3. The van der Waals surface area contributed by atoms with Crippen molar-refractivity contribution >= 4 is 62.6 Å². The number of benzene rings is 11. The first-order chi connectivity index (χ1) is 44.6. The molecule has 0 spiro atoms. The second-order valence-electron chi connectivity index (χ2n) is 25.7. The van der Waals surface area contributed by atoms with Crippen LogP contribution in [0.15, 0.2) is 285 Å². The van der Waals surface area contributed by atoms with Crippen molar-refractivity contribution in [3.05, 3.63) is 318 Å². The van der Waals surface area contributed by atoms with Crippen LogP contribution in [0.1, 0.15) is 81.8 Å². The molecule has 0 atom stereocenters. The quantitative estimate of drug-likeness (QED) is 0.0665. The van der Waals surface area contributed by atoms with Crippen molar-refractivity contribution in [3.63, 3.8) is 0 Å². The standard InChI is InChI=1S/C85H76N4O3/c1-12-57(26-25-56(2)90-9)86(66-45-52-80-76(53-66)73-21-15-18-24-79(73)83(80,3)4)58-27-29-59(30-28-58)87(60-31-35-62(36-32-60)88(64-39-46-69(91-10)47-40-64)67-43-50-74-71-19-13-16-22-77(71)84(5,6)81(74)54-67)61-33-37-63(38-34-61)89(65-41-48-70(92-11)49-42-65)68-44-51-75-72-20-14-17-23-78(72)85(7,8)82(75)55-68/h12-55H,2H2,1,3-11H3. The molecule has 11 aromatic carbocycles. The van der Waals surface area contributed by atoms with Crippen molar-refractivity contribution in [2.45, 2.75) is 64.7 Å². The summed E-state index contributed by atoms with van der Waals surface area (Å²) in [5.74, 6) is 2.18. The average molecular weight is 1200 g/mol. The average Bonchev–Trinajstić information content (AvgIpc) is 1.59. The van der Waals surface area contributed by atoms with Crippen molar-refractivity contribution in [2.75, 3.05) is 40.9 Å². The van der Waals surface area contributed by atoms with Crippen molar-refractivity contribution in [2.24, 2.45) is 0 Å². The maximum Gasteiger partial charge on any atom is 0.119 e. The zero-order valence-corrected chi connectivity index (χ0v) is 54.1. The fourth-order valence-corrected chi connectivity index (χ4v) is 14.6. The summed E-state index contributed by atoms with van der Waals surface area (Å²) in [5, 5.41) is 0. The Bertz CT molecular complexity index is 4490. The highest BCUT2D eigenvalue weighted by molar-refractivity contribution is 5.91. The van der Waals surface area contributed by atoms with Gasteiger partial charge in [-0.15, -0.1) is 0 Å². The smallest absolute Gasteiger partial charge is 0.119 e. The summed E-state index contributed by atoms with van der Waals surface area (Å²) >= 11 is 0. The van der Waals surface area contributed by atoms with E-state index in [9.17, 15) is 0 Å². The van der Waals surface area contributed by atoms with Crippen LogP contribution in [0, 0.1) is 0 Å². The lowest BCUT2D eigenvalue weighted by Gasteiger charge is -2.31. The molecule has 3 aliphatic rings. The molecule has 0 bridgehead atoms. The number of nitrogens with zero attached hydrogens (tertiary/aromatic N) is 4. The van der Waals surface area contributed by atoms with Crippen LogP contribution in [0.5, 0.6) is 11.5 Å². The summed E-state index contributed by atoms with van der Waals surface area (Å²) in [5.41, 5.74) is 27.4. The summed E-state index contributed by atoms with van der Waals surface area (Å²) in [6.45, 7) is 20.2. The van der Waals surface area contributed by atoms with Gasteiger partial charge in [-0.05, 0) is 244 Å². The number of hydrogen-bond donors (Lipinski definition) is 0. The van der Waals surface area contributed by atoms with E-state index in [1.54, 1.807) is 21.3 Å². The number of anilines is 11. The van der Waals surface area contributed by atoms with Crippen LogP contribution in [-0.4, -0.2) is 21.3 Å². The van der Waals surface area contributed by atoms with E-state index >= 15 is 0 Å². The maximum atomic E-state index is 5.69. The Morgan fingerprint density at radius 2 is 0.620 bits per heavy atom. The third kappa shape index (κ3) is 10.0. The van der Waals surface area contributed by atoms with E-state index in [0.717, 1.165) is 79.8 Å². The van der Waals surface area contributed by atoms with Crippen LogP contribution < -0.4 is 29.1 Å². The molecule has 11 aromatic rings. The molecule has 0 radical (unpaired) electrons. The first-order valence-electron chi connectivity index (χ1n) is 31.7. The van der Waals surface area contributed by atoms with Gasteiger partial charge in [-0.3, -0.25) is 0 Å². The second-order valence-corrected chi connectivity index (χ2v) is 25.7. The summed E-state index contributed by atoms with van der Waals surface area (Å²) < 4.78 is 16.9. The van der Waals surface area contributed by atoms with E-state index in [1.165, 1.54) is 66.8 Å². The molecule has 0 aromatic heterocycles. The van der Waals surface area contributed by atoms with E-state index in [1.807, 2.05) is 30.3 Å². The molecule has 0 unspecified atom stereocenters.